The van der Waals surface area contributed by atoms with Crippen molar-refractivity contribution in [3.63, 3.8) is 0 Å². The van der Waals surface area contributed by atoms with Gasteiger partial charge in [0.05, 0.1) is 0 Å². The Morgan fingerprint density at radius 2 is 2.13 bits per heavy atom. The van der Waals surface area contributed by atoms with Crippen LogP contribution in [0.25, 0.3) is 0 Å². The minimum absolute atomic E-state index is 1.04. The van der Waals surface area contributed by atoms with Crippen LogP contribution in [0.3, 0.4) is 0 Å². The normalized spacial score (nSPS) is 15.3. The molecule has 0 unspecified atom stereocenters. The van der Waals surface area contributed by atoms with Crippen LogP contribution in [0.15, 0.2) is 6.07 Å². The monoisotopic (exact) mass is 224 g/mol. The minimum Gasteiger partial charge on any atom is -0.318 e. The molecular formula is C12H20N2S. The van der Waals surface area contributed by atoms with Crippen molar-refractivity contribution < 1.29 is 0 Å². The Kier molecular flexibility index (Phi) is 4.18. The summed E-state index contributed by atoms with van der Waals surface area (Å²) in [5.74, 6) is 0. The molecule has 0 aromatic carbocycles. The Labute approximate surface area is 96.1 Å². The van der Waals surface area contributed by atoms with Gasteiger partial charge in [-0.15, -0.1) is 11.3 Å². The summed E-state index contributed by atoms with van der Waals surface area (Å²) in [6.07, 6.45) is 5.40. The maximum Gasteiger partial charge on any atom is 0.0300 e. The van der Waals surface area contributed by atoms with Gasteiger partial charge in [-0.05, 0) is 44.4 Å². The Morgan fingerprint density at radius 3 is 2.93 bits per heavy atom. The van der Waals surface area contributed by atoms with Crippen LogP contribution in [-0.2, 0) is 19.4 Å². The van der Waals surface area contributed by atoms with Gasteiger partial charge in [-0.25, -0.2) is 0 Å². The predicted octanol–water partition coefficient (Wildman–Crippen LogP) is 1.94. The number of aryl methyl sites for hydroxylation is 2. The Balaban J connectivity index is 1.84. The van der Waals surface area contributed by atoms with Crippen LogP contribution in [0.4, 0.5) is 0 Å². The maximum atomic E-state index is 3.46. The van der Waals surface area contributed by atoms with Crippen LogP contribution in [0.2, 0.25) is 0 Å². The molecule has 0 bridgehead atoms. The zero-order valence-corrected chi connectivity index (χ0v) is 10.3. The van der Waals surface area contributed by atoms with E-state index in [0.29, 0.717) is 0 Å². The van der Waals surface area contributed by atoms with E-state index in [0.717, 1.165) is 19.6 Å². The summed E-state index contributed by atoms with van der Waals surface area (Å²) in [5, 5.41) is 6.60. The molecule has 2 rings (SSSR count). The Hall–Kier alpha value is -0.380. The average molecular weight is 224 g/mol. The average Bonchev–Trinajstić information content (AvgIpc) is 2.67. The molecule has 3 heteroatoms. The van der Waals surface area contributed by atoms with Crippen LogP contribution in [0.1, 0.15) is 28.2 Å². The van der Waals surface area contributed by atoms with Gasteiger partial charge in [0.1, 0.15) is 0 Å². The number of likely N-dealkylation sites (N-methyl/N-ethyl adjacent to an activating group) is 1. The molecule has 0 atom stereocenters. The van der Waals surface area contributed by atoms with Gasteiger partial charge in [-0.2, -0.15) is 0 Å². The lowest BCUT2D eigenvalue weighted by Crippen LogP contribution is -2.24. The van der Waals surface area contributed by atoms with Crippen molar-refractivity contribution in [2.75, 3.05) is 20.1 Å². The first-order valence-electron chi connectivity index (χ1n) is 5.86. The Morgan fingerprint density at radius 1 is 1.27 bits per heavy atom. The van der Waals surface area contributed by atoms with Crippen molar-refractivity contribution >= 4 is 11.3 Å². The molecule has 0 saturated heterocycles. The molecule has 1 aromatic heterocycles. The summed E-state index contributed by atoms with van der Waals surface area (Å²) in [4.78, 5) is 3.16. The van der Waals surface area contributed by atoms with Crippen molar-refractivity contribution in [3.8, 4) is 0 Å². The van der Waals surface area contributed by atoms with E-state index in [2.05, 4.69) is 16.7 Å². The largest absolute Gasteiger partial charge is 0.318 e. The van der Waals surface area contributed by atoms with Gasteiger partial charge in [-0.3, -0.25) is 0 Å². The number of hydrogen-bond acceptors (Lipinski definition) is 3. The molecule has 2 nitrogen and oxygen atoms in total. The molecular weight excluding hydrogens is 204 g/mol. The van der Waals surface area contributed by atoms with Crippen molar-refractivity contribution in [3.05, 3.63) is 21.4 Å². The molecule has 0 fully saturated rings. The van der Waals surface area contributed by atoms with Gasteiger partial charge < -0.3 is 10.6 Å². The fraction of sp³-hybridized carbons (Fsp3) is 0.667. The lowest BCUT2D eigenvalue weighted by Gasteiger charge is -2.08. The molecule has 1 aromatic rings. The van der Waals surface area contributed by atoms with Crippen LogP contribution in [-0.4, -0.2) is 20.1 Å². The predicted molar refractivity (Wildman–Crippen MR) is 66.6 cm³/mol. The van der Waals surface area contributed by atoms with Crippen molar-refractivity contribution in [1.29, 1.82) is 0 Å². The number of hydrogen-bond donors (Lipinski definition) is 2. The zero-order chi connectivity index (χ0) is 10.5. The molecule has 15 heavy (non-hydrogen) atoms. The highest BCUT2D eigenvalue weighted by molar-refractivity contribution is 7.12. The number of rotatable bonds is 5. The molecule has 84 valence electrons. The molecule has 1 aliphatic rings. The van der Waals surface area contributed by atoms with Crippen molar-refractivity contribution in [1.82, 2.24) is 10.6 Å². The van der Waals surface area contributed by atoms with Gasteiger partial charge in [0.25, 0.3) is 0 Å². The topological polar surface area (TPSA) is 24.1 Å². The second-order valence-corrected chi connectivity index (χ2v) is 5.37. The minimum atomic E-state index is 1.04. The van der Waals surface area contributed by atoms with E-state index < -0.39 is 0 Å². The third-order valence-electron chi connectivity index (χ3n) is 2.90. The second-order valence-electron chi connectivity index (χ2n) is 4.15. The standard InChI is InChI=1S/C12H20N2S/c1-13-6-7-14-9-11-8-10-4-2-3-5-12(10)15-11/h8,13-14H,2-7,9H2,1H3. The maximum absolute atomic E-state index is 3.46. The summed E-state index contributed by atoms with van der Waals surface area (Å²) in [5.41, 5.74) is 1.62. The third-order valence-corrected chi connectivity index (χ3v) is 4.14. The fourth-order valence-electron chi connectivity index (χ4n) is 2.06. The van der Waals surface area contributed by atoms with Crippen LogP contribution in [0.5, 0.6) is 0 Å². The molecule has 0 radical (unpaired) electrons. The van der Waals surface area contributed by atoms with Gasteiger partial charge in [0, 0.05) is 29.4 Å². The first-order valence-corrected chi connectivity index (χ1v) is 6.67. The van der Waals surface area contributed by atoms with E-state index in [-0.39, 0.29) is 0 Å². The van der Waals surface area contributed by atoms with Crippen LogP contribution < -0.4 is 10.6 Å². The highest BCUT2D eigenvalue weighted by Crippen LogP contribution is 2.29. The summed E-state index contributed by atoms with van der Waals surface area (Å²) in [7, 11) is 1.99. The number of nitrogens with one attached hydrogen (secondary N) is 2. The molecule has 0 aliphatic heterocycles. The number of thiophene rings is 1. The van der Waals surface area contributed by atoms with E-state index >= 15 is 0 Å². The summed E-state index contributed by atoms with van der Waals surface area (Å²) in [6, 6.07) is 2.41. The van der Waals surface area contributed by atoms with Crippen LogP contribution >= 0.6 is 11.3 Å². The van der Waals surface area contributed by atoms with Crippen molar-refractivity contribution in [2.45, 2.75) is 32.2 Å². The smallest absolute Gasteiger partial charge is 0.0300 e. The molecule has 0 spiro atoms. The molecule has 2 N–H and O–H groups in total. The van der Waals surface area contributed by atoms with E-state index in [1.165, 1.54) is 30.6 Å². The molecule has 1 aliphatic carbocycles. The Bertz CT molecular complexity index is 283. The first-order chi connectivity index (χ1) is 7.40. The lowest BCUT2D eigenvalue weighted by atomic mass is 9.99. The molecule has 0 saturated carbocycles. The zero-order valence-electron chi connectivity index (χ0n) is 9.44. The van der Waals surface area contributed by atoms with Gasteiger partial charge in [0.15, 0.2) is 0 Å². The van der Waals surface area contributed by atoms with Gasteiger partial charge in [-0.1, -0.05) is 0 Å². The van der Waals surface area contributed by atoms with E-state index in [4.69, 9.17) is 0 Å². The van der Waals surface area contributed by atoms with E-state index in [1.807, 2.05) is 18.4 Å². The SMILES string of the molecule is CNCCNCc1cc2c(s1)CCCC2. The van der Waals surface area contributed by atoms with E-state index in [1.54, 1.807) is 10.4 Å². The highest BCUT2D eigenvalue weighted by Gasteiger charge is 2.12. The van der Waals surface area contributed by atoms with Crippen LogP contribution in [0, 0.1) is 0 Å². The highest BCUT2D eigenvalue weighted by atomic mass is 32.1. The summed E-state index contributed by atoms with van der Waals surface area (Å²) in [6.45, 7) is 3.14. The summed E-state index contributed by atoms with van der Waals surface area (Å²) < 4.78 is 0. The quantitative estimate of drug-likeness (QED) is 0.747. The molecule has 0 amide bonds. The van der Waals surface area contributed by atoms with Gasteiger partial charge in [0.2, 0.25) is 0 Å². The van der Waals surface area contributed by atoms with Gasteiger partial charge >= 0.3 is 0 Å². The summed E-state index contributed by atoms with van der Waals surface area (Å²) >= 11 is 2.01. The van der Waals surface area contributed by atoms with Crippen molar-refractivity contribution in [2.24, 2.45) is 0 Å². The lowest BCUT2D eigenvalue weighted by molar-refractivity contribution is 0.654. The van der Waals surface area contributed by atoms with E-state index in [9.17, 15) is 0 Å². The third kappa shape index (κ3) is 3.03. The fourth-order valence-corrected chi connectivity index (χ4v) is 3.29. The molecule has 1 heterocycles. The first kappa shape index (κ1) is 11.1. The number of fused-ring (bicyclic) bond motifs is 1. The second kappa shape index (κ2) is 5.64.